The smallest absolute Gasteiger partial charge is 0.415 e. The number of nitrogens with zero attached hydrogens (tertiary/aromatic N) is 4. The van der Waals surface area contributed by atoms with Crippen LogP contribution >= 0.6 is 11.6 Å². The molecule has 1 spiro atoms. The monoisotopic (exact) mass is 398 g/mol. The van der Waals surface area contributed by atoms with Gasteiger partial charge in [-0.05, 0) is 39.0 Å². The molecule has 3 rings (SSSR count). The highest BCUT2D eigenvalue weighted by Gasteiger charge is 2.73. The fourth-order valence-electron chi connectivity index (χ4n) is 3.97. The van der Waals surface area contributed by atoms with Crippen LogP contribution in [0.5, 0.6) is 0 Å². The molecule has 0 saturated carbocycles. The maximum atomic E-state index is 13.5. The van der Waals surface area contributed by atoms with Gasteiger partial charge in [0.1, 0.15) is 5.60 Å². The van der Waals surface area contributed by atoms with Gasteiger partial charge in [-0.15, -0.1) is 0 Å². The van der Waals surface area contributed by atoms with Crippen LogP contribution in [0.4, 0.5) is 10.5 Å². The summed E-state index contributed by atoms with van der Waals surface area (Å²) in [4.78, 5) is 29.1. The van der Waals surface area contributed by atoms with Crippen LogP contribution in [0, 0.1) is 28.1 Å². The van der Waals surface area contributed by atoms with Crippen molar-refractivity contribution in [3.8, 4) is 12.1 Å². The van der Waals surface area contributed by atoms with Crippen LogP contribution in [-0.4, -0.2) is 29.5 Å². The lowest BCUT2D eigenvalue weighted by molar-refractivity contribution is -0.130. The molecule has 1 aromatic carbocycles. The van der Waals surface area contributed by atoms with Crippen molar-refractivity contribution < 1.29 is 14.3 Å². The van der Waals surface area contributed by atoms with Crippen LogP contribution in [0.15, 0.2) is 30.5 Å². The molecule has 8 heteroatoms. The van der Waals surface area contributed by atoms with Crippen molar-refractivity contribution in [3.05, 3.63) is 41.1 Å². The molecule has 2 aliphatic heterocycles. The first-order valence-electron chi connectivity index (χ1n) is 8.57. The van der Waals surface area contributed by atoms with Crippen molar-refractivity contribution in [1.29, 1.82) is 10.5 Å². The van der Waals surface area contributed by atoms with Gasteiger partial charge in [-0.2, -0.15) is 10.5 Å². The van der Waals surface area contributed by atoms with Crippen LogP contribution in [0.2, 0.25) is 5.02 Å². The average Bonchev–Trinajstić information content (AvgIpc) is 2.99. The highest BCUT2D eigenvalue weighted by Crippen LogP contribution is 2.61. The lowest BCUT2D eigenvalue weighted by Crippen LogP contribution is -2.58. The first kappa shape index (κ1) is 19.7. The Morgan fingerprint density at radius 2 is 1.93 bits per heavy atom. The number of likely N-dealkylation sites (tertiary alicyclic amines) is 1. The van der Waals surface area contributed by atoms with E-state index >= 15 is 0 Å². The third kappa shape index (κ3) is 2.33. The van der Waals surface area contributed by atoms with Gasteiger partial charge in [-0.3, -0.25) is 9.69 Å². The van der Waals surface area contributed by atoms with Crippen molar-refractivity contribution in [3.63, 3.8) is 0 Å². The number of likely N-dealkylation sites (N-methyl/N-ethyl adjacent to an activating group) is 1. The molecule has 2 amide bonds. The average molecular weight is 399 g/mol. The number of rotatable bonds is 0. The molecule has 1 aromatic rings. The van der Waals surface area contributed by atoms with Crippen molar-refractivity contribution in [2.75, 3.05) is 11.9 Å². The first-order chi connectivity index (χ1) is 12.9. The largest absolute Gasteiger partial charge is 0.443 e. The predicted molar refractivity (Wildman–Crippen MR) is 102 cm³/mol. The Hall–Kier alpha value is -3.03. The second-order valence-electron chi connectivity index (χ2n) is 7.92. The number of carbonyl (C=O) groups is 2. The maximum Gasteiger partial charge on any atom is 0.415 e. The number of nitriles is 2. The Morgan fingerprint density at radius 1 is 1.32 bits per heavy atom. The fraction of sp³-hybridized carbons (Fsp3) is 0.400. The minimum Gasteiger partial charge on any atom is -0.443 e. The molecule has 1 fully saturated rings. The van der Waals surface area contributed by atoms with Crippen LogP contribution in [0.1, 0.15) is 32.8 Å². The van der Waals surface area contributed by atoms with E-state index < -0.39 is 28.6 Å². The molecular formula is C20H19ClN4O3. The van der Waals surface area contributed by atoms with Gasteiger partial charge in [-0.25, -0.2) is 4.79 Å². The molecule has 28 heavy (non-hydrogen) atoms. The van der Waals surface area contributed by atoms with Crippen molar-refractivity contribution >= 4 is 29.3 Å². The molecule has 1 atom stereocenters. The highest BCUT2D eigenvalue weighted by molar-refractivity contribution is 6.31. The fourth-order valence-corrected chi connectivity index (χ4v) is 4.14. The Morgan fingerprint density at radius 3 is 2.46 bits per heavy atom. The summed E-state index contributed by atoms with van der Waals surface area (Å²) in [6.07, 6.45) is -1.02. The molecule has 144 valence electrons. The molecule has 0 N–H and O–H groups in total. The Balaban J connectivity index is 2.38. The first-order valence-corrected chi connectivity index (χ1v) is 8.94. The van der Waals surface area contributed by atoms with E-state index in [9.17, 15) is 20.1 Å². The topological polar surface area (TPSA) is 97.4 Å². The van der Waals surface area contributed by atoms with E-state index in [2.05, 4.69) is 6.58 Å². The summed E-state index contributed by atoms with van der Waals surface area (Å²) >= 11 is 6.18. The second-order valence-corrected chi connectivity index (χ2v) is 8.36. The number of ether oxygens (including phenoxy) is 1. The number of hydrogen-bond donors (Lipinski definition) is 0. The van der Waals surface area contributed by atoms with Crippen molar-refractivity contribution in [1.82, 2.24) is 4.90 Å². The highest BCUT2D eigenvalue weighted by atomic mass is 35.5. The van der Waals surface area contributed by atoms with Crippen molar-refractivity contribution in [2.24, 2.45) is 5.41 Å². The predicted octanol–water partition coefficient (Wildman–Crippen LogP) is 3.70. The van der Waals surface area contributed by atoms with Gasteiger partial charge in [0.2, 0.25) is 0 Å². The summed E-state index contributed by atoms with van der Waals surface area (Å²) in [7, 11) is 1.53. The van der Waals surface area contributed by atoms with Crippen LogP contribution in [-0.2, 0) is 15.1 Å². The minimum atomic E-state index is -1.93. The zero-order valence-corrected chi connectivity index (χ0v) is 16.8. The van der Waals surface area contributed by atoms with E-state index in [1.807, 2.05) is 12.1 Å². The normalized spacial score (nSPS) is 22.8. The number of carbonyl (C=O) groups excluding carboxylic acids is 2. The van der Waals surface area contributed by atoms with Gasteiger partial charge in [0.05, 0.1) is 12.1 Å². The summed E-state index contributed by atoms with van der Waals surface area (Å²) in [6.45, 7) is 8.93. The van der Waals surface area contributed by atoms with E-state index in [0.717, 1.165) is 4.90 Å². The number of halogens is 1. The van der Waals surface area contributed by atoms with E-state index in [1.54, 1.807) is 32.9 Å². The molecule has 1 saturated heterocycles. The number of hydrogen-bond acceptors (Lipinski definition) is 5. The zero-order chi connectivity index (χ0) is 21.1. The van der Waals surface area contributed by atoms with Crippen LogP contribution in [0.3, 0.4) is 0 Å². The lowest BCUT2D eigenvalue weighted by Gasteiger charge is -2.39. The van der Waals surface area contributed by atoms with Gasteiger partial charge < -0.3 is 9.64 Å². The quantitative estimate of drug-likeness (QED) is 0.663. The summed E-state index contributed by atoms with van der Waals surface area (Å²) in [5, 5.41) is 20.3. The summed E-state index contributed by atoms with van der Waals surface area (Å²) in [5.74, 6) is -0.586. The van der Waals surface area contributed by atoms with Gasteiger partial charge in [0.25, 0.3) is 5.91 Å². The molecule has 2 aliphatic rings. The standard InChI is InChI=1S/C20H19ClN4O3/c1-12-9-19(10-22,11-23)20(25(12)17(27)28-18(2,3)4)14-8-13(21)6-7-15(14)24(5)16(20)26/h6-8H,1,9H2,2-5H3/t20-/m0/s1. The van der Waals surface area contributed by atoms with Gasteiger partial charge in [0, 0.05) is 35.4 Å². The van der Waals surface area contributed by atoms with E-state index in [0.29, 0.717) is 16.3 Å². The van der Waals surface area contributed by atoms with E-state index in [1.165, 1.54) is 18.0 Å². The van der Waals surface area contributed by atoms with E-state index in [-0.39, 0.29) is 12.1 Å². The number of allylic oxidation sites excluding steroid dienone is 1. The van der Waals surface area contributed by atoms with Gasteiger partial charge >= 0.3 is 6.09 Å². The summed E-state index contributed by atoms with van der Waals surface area (Å²) < 4.78 is 5.49. The second kappa shape index (κ2) is 5.98. The number of fused-ring (bicyclic) bond motifs is 2. The summed E-state index contributed by atoms with van der Waals surface area (Å²) in [6, 6.07) is 8.71. The Kier molecular flexibility index (Phi) is 4.22. The van der Waals surface area contributed by atoms with Gasteiger partial charge in [0.15, 0.2) is 11.0 Å². The third-order valence-electron chi connectivity index (χ3n) is 5.02. The number of benzene rings is 1. The van der Waals surface area contributed by atoms with Gasteiger partial charge in [-0.1, -0.05) is 18.2 Å². The van der Waals surface area contributed by atoms with Crippen LogP contribution < -0.4 is 4.90 Å². The Labute approximate surface area is 168 Å². The third-order valence-corrected chi connectivity index (χ3v) is 5.26. The number of amides is 2. The summed E-state index contributed by atoms with van der Waals surface area (Å²) in [5.41, 5.74) is -3.72. The molecule has 7 nitrogen and oxygen atoms in total. The number of anilines is 1. The molecule has 2 heterocycles. The zero-order valence-electron chi connectivity index (χ0n) is 16.0. The van der Waals surface area contributed by atoms with Crippen molar-refractivity contribution in [2.45, 2.75) is 38.3 Å². The molecular weight excluding hydrogens is 380 g/mol. The lowest BCUT2D eigenvalue weighted by atomic mass is 9.68. The Bertz CT molecular complexity index is 984. The molecule has 0 radical (unpaired) electrons. The molecule has 0 unspecified atom stereocenters. The van der Waals surface area contributed by atoms with Crippen LogP contribution in [0.25, 0.3) is 0 Å². The minimum absolute atomic E-state index is 0.159. The molecule has 0 aromatic heterocycles. The molecule has 0 bridgehead atoms. The SMILES string of the molecule is C=C1CC(C#N)(C#N)[C@]2(C(=O)N(C)c3ccc(Cl)cc32)N1C(=O)OC(C)(C)C. The molecule has 0 aliphatic carbocycles. The maximum absolute atomic E-state index is 13.5. The van der Waals surface area contributed by atoms with E-state index in [4.69, 9.17) is 16.3 Å².